The van der Waals surface area contributed by atoms with E-state index in [9.17, 15) is 18.0 Å². The number of nitrogens with one attached hydrogen (secondary N) is 2. The van der Waals surface area contributed by atoms with Crippen molar-refractivity contribution in [1.82, 2.24) is 25.2 Å². The van der Waals surface area contributed by atoms with Crippen LogP contribution in [0.2, 0.25) is 0 Å². The number of piperazine rings is 1. The zero-order chi connectivity index (χ0) is 27.6. The van der Waals surface area contributed by atoms with E-state index >= 15 is 0 Å². The van der Waals surface area contributed by atoms with Crippen molar-refractivity contribution in [2.24, 2.45) is 0 Å². The molecule has 0 unspecified atom stereocenters. The van der Waals surface area contributed by atoms with E-state index in [1.807, 2.05) is 12.1 Å². The Hall–Kier alpha value is -3.93. The number of fused-ring (bicyclic) bond motifs is 1. The molecule has 12 heteroatoms. The van der Waals surface area contributed by atoms with Gasteiger partial charge in [-0.15, -0.1) is 0 Å². The standard InChI is InChI=1S/C27H31F3N8O/c1-31-24-33-25(37-13-11-36(2)12-14-37)35-26(34-24)38-10-9-18-15-19(7-8-21(18)17-38)23(39)32-16-20-5-3-4-6-22(20)27(28,29)30/h3-8,15H,9-14,16-17H2,1-2H3,(H,32,39)(H,31,33,34,35). The zero-order valence-electron chi connectivity index (χ0n) is 21.9. The molecule has 1 saturated heterocycles. The average molecular weight is 541 g/mol. The molecule has 0 spiro atoms. The van der Waals surface area contributed by atoms with Gasteiger partial charge in [-0.05, 0) is 48.4 Å². The largest absolute Gasteiger partial charge is 0.416 e. The molecule has 0 radical (unpaired) electrons. The highest BCUT2D eigenvalue weighted by Gasteiger charge is 2.33. The van der Waals surface area contributed by atoms with Crippen LogP contribution in [0.4, 0.5) is 31.0 Å². The van der Waals surface area contributed by atoms with Gasteiger partial charge in [-0.25, -0.2) is 0 Å². The van der Waals surface area contributed by atoms with Crippen molar-refractivity contribution in [3.8, 4) is 0 Å². The summed E-state index contributed by atoms with van der Waals surface area (Å²) >= 11 is 0. The van der Waals surface area contributed by atoms with E-state index in [0.29, 0.717) is 42.9 Å². The Labute approximate surface area is 225 Å². The number of likely N-dealkylation sites (N-methyl/N-ethyl adjacent to an activating group) is 1. The van der Waals surface area contributed by atoms with Crippen LogP contribution in [0.1, 0.15) is 32.6 Å². The van der Waals surface area contributed by atoms with Gasteiger partial charge in [0.2, 0.25) is 17.8 Å². The summed E-state index contributed by atoms with van der Waals surface area (Å²) in [5, 5.41) is 5.67. The number of nitrogens with zero attached hydrogens (tertiary/aromatic N) is 6. The van der Waals surface area contributed by atoms with Gasteiger partial charge in [0.05, 0.1) is 5.56 Å². The summed E-state index contributed by atoms with van der Waals surface area (Å²) in [6.45, 7) is 4.60. The summed E-state index contributed by atoms with van der Waals surface area (Å²) in [6.07, 6.45) is -3.80. The Balaban J connectivity index is 1.28. The van der Waals surface area contributed by atoms with E-state index in [0.717, 1.165) is 43.4 Å². The number of aromatic nitrogens is 3. The SMILES string of the molecule is CNc1nc(N2CCN(C)CC2)nc(N2CCc3cc(C(=O)NCc4ccccc4C(F)(F)F)ccc3C2)n1. The van der Waals surface area contributed by atoms with Gasteiger partial charge < -0.3 is 25.3 Å². The third-order valence-electron chi connectivity index (χ3n) is 7.15. The molecule has 2 aliphatic rings. The van der Waals surface area contributed by atoms with Crippen LogP contribution in [-0.2, 0) is 25.7 Å². The Bertz CT molecular complexity index is 1340. The average Bonchev–Trinajstić information content (AvgIpc) is 2.95. The normalized spacial score (nSPS) is 16.1. The first-order chi connectivity index (χ1) is 18.7. The lowest BCUT2D eigenvalue weighted by Gasteiger charge is -2.33. The van der Waals surface area contributed by atoms with Crippen LogP contribution in [0, 0.1) is 0 Å². The molecule has 0 atom stereocenters. The van der Waals surface area contributed by atoms with Gasteiger partial charge >= 0.3 is 6.18 Å². The van der Waals surface area contributed by atoms with Crippen LogP contribution < -0.4 is 20.4 Å². The van der Waals surface area contributed by atoms with Crippen molar-refractivity contribution in [3.63, 3.8) is 0 Å². The summed E-state index contributed by atoms with van der Waals surface area (Å²) in [4.78, 5) is 33.3. The number of rotatable bonds is 6. The molecule has 0 saturated carbocycles. The molecule has 1 fully saturated rings. The molecule has 3 heterocycles. The molecular formula is C27H31F3N8O. The lowest BCUT2D eigenvalue weighted by molar-refractivity contribution is -0.138. The smallest absolute Gasteiger partial charge is 0.357 e. The van der Waals surface area contributed by atoms with Gasteiger partial charge in [0.1, 0.15) is 0 Å². The van der Waals surface area contributed by atoms with Gasteiger partial charge in [0.15, 0.2) is 0 Å². The number of hydrogen-bond donors (Lipinski definition) is 2. The predicted octanol–water partition coefficient (Wildman–Crippen LogP) is 3.18. The van der Waals surface area contributed by atoms with Crippen molar-refractivity contribution < 1.29 is 18.0 Å². The van der Waals surface area contributed by atoms with Gasteiger partial charge in [-0.2, -0.15) is 28.1 Å². The molecule has 2 N–H and O–H groups in total. The van der Waals surface area contributed by atoms with Crippen LogP contribution in [0.25, 0.3) is 0 Å². The third kappa shape index (κ3) is 6.06. The van der Waals surface area contributed by atoms with Crippen molar-refractivity contribution in [1.29, 1.82) is 0 Å². The molecule has 1 amide bonds. The Kier molecular flexibility index (Phi) is 7.56. The van der Waals surface area contributed by atoms with Gasteiger partial charge in [-0.1, -0.05) is 24.3 Å². The van der Waals surface area contributed by atoms with Gasteiger partial charge in [-0.3, -0.25) is 4.79 Å². The van der Waals surface area contributed by atoms with Crippen LogP contribution >= 0.6 is 0 Å². The summed E-state index contributed by atoms with van der Waals surface area (Å²) in [5.74, 6) is 1.35. The number of alkyl halides is 3. The number of amides is 1. The van der Waals surface area contributed by atoms with E-state index in [2.05, 4.69) is 42.3 Å². The molecule has 1 aromatic heterocycles. The lowest BCUT2D eigenvalue weighted by atomic mass is 9.97. The second-order valence-electron chi connectivity index (χ2n) is 9.79. The molecule has 3 aromatic rings. The molecule has 9 nitrogen and oxygen atoms in total. The number of carbonyl (C=O) groups is 1. The molecule has 0 aliphatic carbocycles. The minimum Gasteiger partial charge on any atom is -0.357 e. The maximum atomic E-state index is 13.3. The minimum absolute atomic E-state index is 0.0289. The van der Waals surface area contributed by atoms with E-state index in [1.54, 1.807) is 13.1 Å². The van der Waals surface area contributed by atoms with E-state index < -0.39 is 17.6 Å². The zero-order valence-corrected chi connectivity index (χ0v) is 21.9. The van der Waals surface area contributed by atoms with Crippen LogP contribution in [0.3, 0.4) is 0 Å². The Morgan fingerprint density at radius 1 is 0.923 bits per heavy atom. The molecular weight excluding hydrogens is 509 g/mol. The Morgan fingerprint density at radius 2 is 1.64 bits per heavy atom. The molecule has 2 aliphatic heterocycles. The van der Waals surface area contributed by atoms with Crippen molar-refractivity contribution >= 4 is 23.8 Å². The molecule has 39 heavy (non-hydrogen) atoms. The van der Waals surface area contributed by atoms with Crippen molar-refractivity contribution in [2.75, 3.05) is 61.9 Å². The summed E-state index contributed by atoms with van der Waals surface area (Å²) in [7, 11) is 3.88. The fourth-order valence-electron chi connectivity index (χ4n) is 4.85. The van der Waals surface area contributed by atoms with Crippen molar-refractivity contribution in [3.05, 3.63) is 70.3 Å². The first-order valence-electron chi connectivity index (χ1n) is 12.9. The number of halogens is 3. The molecule has 0 bridgehead atoms. The summed E-state index contributed by atoms with van der Waals surface area (Å²) in [6, 6.07) is 10.7. The summed E-state index contributed by atoms with van der Waals surface area (Å²) < 4.78 is 39.8. The Morgan fingerprint density at radius 3 is 2.36 bits per heavy atom. The third-order valence-corrected chi connectivity index (χ3v) is 7.15. The number of hydrogen-bond acceptors (Lipinski definition) is 8. The van der Waals surface area contributed by atoms with Crippen LogP contribution in [-0.4, -0.2) is 72.6 Å². The second-order valence-corrected chi connectivity index (χ2v) is 9.79. The number of benzene rings is 2. The first-order valence-corrected chi connectivity index (χ1v) is 12.9. The topological polar surface area (TPSA) is 89.5 Å². The molecule has 206 valence electrons. The maximum absolute atomic E-state index is 13.3. The maximum Gasteiger partial charge on any atom is 0.416 e. The molecule has 2 aromatic carbocycles. The number of anilines is 3. The monoisotopic (exact) mass is 540 g/mol. The predicted molar refractivity (Wildman–Crippen MR) is 143 cm³/mol. The van der Waals surface area contributed by atoms with E-state index in [-0.39, 0.29) is 12.1 Å². The molecule has 5 rings (SSSR count). The van der Waals surface area contributed by atoms with Crippen LogP contribution in [0.5, 0.6) is 0 Å². The highest BCUT2D eigenvalue weighted by molar-refractivity contribution is 5.94. The van der Waals surface area contributed by atoms with Crippen molar-refractivity contribution in [2.45, 2.75) is 25.7 Å². The number of carbonyl (C=O) groups excluding carboxylic acids is 1. The fourth-order valence-corrected chi connectivity index (χ4v) is 4.85. The van der Waals surface area contributed by atoms with E-state index in [1.165, 1.54) is 18.2 Å². The highest BCUT2D eigenvalue weighted by atomic mass is 19.4. The minimum atomic E-state index is -4.48. The van der Waals surface area contributed by atoms with Gasteiger partial charge in [0, 0.05) is 58.4 Å². The quantitative estimate of drug-likeness (QED) is 0.493. The first kappa shape index (κ1) is 26.7. The summed E-state index contributed by atoms with van der Waals surface area (Å²) in [5.41, 5.74) is 1.78. The highest BCUT2D eigenvalue weighted by Crippen LogP contribution is 2.32. The van der Waals surface area contributed by atoms with Gasteiger partial charge in [0.25, 0.3) is 5.91 Å². The fraction of sp³-hybridized carbons (Fsp3) is 0.407. The lowest BCUT2D eigenvalue weighted by Crippen LogP contribution is -2.45. The van der Waals surface area contributed by atoms with E-state index in [4.69, 9.17) is 4.98 Å². The second kappa shape index (κ2) is 11.0. The van der Waals surface area contributed by atoms with Crippen LogP contribution in [0.15, 0.2) is 42.5 Å².